The van der Waals surface area contributed by atoms with Gasteiger partial charge in [0.05, 0.1) is 4.90 Å². The highest BCUT2D eigenvalue weighted by molar-refractivity contribution is 7.89. The Labute approximate surface area is 187 Å². The number of rotatable bonds is 9. The number of aryl methyl sites for hydroxylation is 1. The van der Waals surface area contributed by atoms with Crippen LogP contribution in [0.1, 0.15) is 18.4 Å². The lowest BCUT2D eigenvalue weighted by Crippen LogP contribution is -2.46. The summed E-state index contributed by atoms with van der Waals surface area (Å²) >= 11 is 0. The normalized spacial score (nSPS) is 15.7. The molecule has 3 rings (SSSR count). The number of nitrogens with zero attached hydrogens (tertiary/aromatic N) is 2. The fraction of sp³-hybridized carbons (Fsp3) is 0.455. The minimum Gasteiger partial charge on any atom is -0.406 e. The van der Waals surface area contributed by atoms with Crippen molar-refractivity contribution in [2.75, 3.05) is 44.2 Å². The number of benzene rings is 2. The number of alkyl halides is 3. The molecule has 32 heavy (non-hydrogen) atoms. The van der Waals surface area contributed by atoms with Crippen molar-refractivity contribution in [1.82, 2.24) is 9.62 Å². The van der Waals surface area contributed by atoms with Gasteiger partial charge in [0.2, 0.25) is 10.0 Å². The quantitative estimate of drug-likeness (QED) is 0.564. The minimum atomic E-state index is -4.81. The first-order valence-corrected chi connectivity index (χ1v) is 12.0. The summed E-state index contributed by atoms with van der Waals surface area (Å²) in [5, 5.41) is 0. The molecule has 0 aromatic heterocycles. The van der Waals surface area contributed by atoms with Gasteiger partial charge < -0.3 is 9.64 Å². The van der Waals surface area contributed by atoms with Gasteiger partial charge in [-0.3, -0.25) is 4.90 Å². The van der Waals surface area contributed by atoms with Gasteiger partial charge in [0.25, 0.3) is 0 Å². The van der Waals surface area contributed by atoms with E-state index in [0.29, 0.717) is 6.42 Å². The molecule has 0 spiro atoms. The first kappa shape index (κ1) is 24.3. The fourth-order valence-electron chi connectivity index (χ4n) is 3.63. The van der Waals surface area contributed by atoms with Gasteiger partial charge in [0, 0.05) is 38.4 Å². The van der Waals surface area contributed by atoms with Crippen LogP contribution in [0.15, 0.2) is 53.4 Å². The van der Waals surface area contributed by atoms with Gasteiger partial charge in [0.15, 0.2) is 0 Å². The second-order valence-electron chi connectivity index (χ2n) is 7.79. The van der Waals surface area contributed by atoms with Crippen molar-refractivity contribution >= 4 is 15.7 Å². The van der Waals surface area contributed by atoms with Gasteiger partial charge in [-0.1, -0.05) is 12.1 Å². The molecule has 6 nitrogen and oxygen atoms in total. The third-order valence-corrected chi connectivity index (χ3v) is 6.78. The average molecular weight is 472 g/mol. The predicted octanol–water partition coefficient (Wildman–Crippen LogP) is 3.77. The first-order valence-electron chi connectivity index (χ1n) is 10.5. The Bertz CT molecular complexity index is 974. The van der Waals surface area contributed by atoms with E-state index in [4.69, 9.17) is 0 Å². The molecule has 0 bridgehead atoms. The number of halogens is 3. The number of piperazine rings is 1. The Morgan fingerprint density at radius 3 is 2.31 bits per heavy atom. The second kappa shape index (κ2) is 10.5. The molecule has 2 aromatic carbocycles. The van der Waals surface area contributed by atoms with Gasteiger partial charge in [-0.05, 0) is 68.3 Å². The highest BCUT2D eigenvalue weighted by Crippen LogP contribution is 2.24. The standard InChI is InChI=1S/C22H28F3N3O3S/c1-18-5-4-6-19(17-18)28-15-13-27(14-16-28)12-3-2-11-26-32(29,30)21-9-7-20(8-10-21)31-22(23,24)25/h4-10,17,26H,2-3,11-16H2,1H3. The van der Waals surface area contributed by atoms with E-state index >= 15 is 0 Å². The Morgan fingerprint density at radius 2 is 1.69 bits per heavy atom. The van der Waals surface area contributed by atoms with Crippen LogP contribution in [0.5, 0.6) is 5.75 Å². The van der Waals surface area contributed by atoms with Crippen LogP contribution in [0.25, 0.3) is 0 Å². The number of hydrogen-bond donors (Lipinski definition) is 1. The van der Waals surface area contributed by atoms with E-state index in [0.717, 1.165) is 63.4 Å². The average Bonchev–Trinajstić information content (AvgIpc) is 2.73. The molecule has 176 valence electrons. The summed E-state index contributed by atoms with van der Waals surface area (Å²) in [6.45, 7) is 7.11. The molecule has 1 saturated heterocycles. The fourth-order valence-corrected chi connectivity index (χ4v) is 4.70. The minimum absolute atomic E-state index is 0.0979. The van der Waals surface area contributed by atoms with E-state index in [1.54, 1.807) is 0 Å². The summed E-state index contributed by atoms with van der Waals surface area (Å²) in [6, 6.07) is 12.6. The highest BCUT2D eigenvalue weighted by Gasteiger charge is 2.31. The van der Waals surface area contributed by atoms with Crippen LogP contribution in [-0.2, 0) is 10.0 Å². The number of sulfonamides is 1. The molecule has 1 N–H and O–H groups in total. The Balaban J connectivity index is 1.35. The number of anilines is 1. The molecule has 10 heteroatoms. The van der Waals surface area contributed by atoms with Crippen LogP contribution < -0.4 is 14.4 Å². The van der Waals surface area contributed by atoms with Gasteiger partial charge in [-0.2, -0.15) is 0 Å². The summed E-state index contributed by atoms with van der Waals surface area (Å²) in [5.41, 5.74) is 2.50. The summed E-state index contributed by atoms with van der Waals surface area (Å²) in [7, 11) is -3.77. The van der Waals surface area contributed by atoms with Crippen molar-refractivity contribution in [3.8, 4) is 5.75 Å². The van der Waals surface area contributed by atoms with Crippen LogP contribution in [0.4, 0.5) is 18.9 Å². The summed E-state index contributed by atoms with van der Waals surface area (Å²) in [5.74, 6) is -0.459. The summed E-state index contributed by atoms with van der Waals surface area (Å²) in [4.78, 5) is 4.65. The van der Waals surface area contributed by atoms with Gasteiger partial charge in [-0.15, -0.1) is 13.2 Å². The molecular weight excluding hydrogens is 443 g/mol. The first-order chi connectivity index (χ1) is 15.1. The van der Waals surface area contributed by atoms with Gasteiger partial charge >= 0.3 is 6.36 Å². The van der Waals surface area contributed by atoms with Crippen molar-refractivity contribution in [2.45, 2.75) is 31.0 Å². The number of hydrogen-bond acceptors (Lipinski definition) is 5. The molecule has 0 aliphatic carbocycles. The number of ether oxygens (including phenoxy) is 1. The topological polar surface area (TPSA) is 61.9 Å². The third-order valence-electron chi connectivity index (χ3n) is 5.30. The van der Waals surface area contributed by atoms with Crippen LogP contribution >= 0.6 is 0 Å². The monoisotopic (exact) mass is 471 g/mol. The predicted molar refractivity (Wildman–Crippen MR) is 117 cm³/mol. The molecule has 0 amide bonds. The van der Waals surface area contributed by atoms with E-state index in [1.165, 1.54) is 11.3 Å². The zero-order valence-corrected chi connectivity index (χ0v) is 18.8. The smallest absolute Gasteiger partial charge is 0.406 e. The zero-order chi connectivity index (χ0) is 23.2. The molecule has 0 atom stereocenters. The van der Waals surface area contributed by atoms with Crippen molar-refractivity contribution < 1.29 is 26.3 Å². The van der Waals surface area contributed by atoms with Crippen LogP contribution in [0.3, 0.4) is 0 Å². The highest BCUT2D eigenvalue weighted by atomic mass is 32.2. The molecule has 0 radical (unpaired) electrons. The van der Waals surface area contributed by atoms with Crippen LogP contribution in [-0.4, -0.2) is 58.9 Å². The summed E-state index contributed by atoms with van der Waals surface area (Å²) in [6.07, 6.45) is -3.29. The van der Waals surface area contributed by atoms with E-state index in [-0.39, 0.29) is 11.4 Å². The molecule has 1 fully saturated rings. The van der Waals surface area contributed by atoms with E-state index in [1.807, 2.05) is 0 Å². The molecule has 1 heterocycles. The van der Waals surface area contributed by atoms with Crippen LogP contribution in [0, 0.1) is 6.92 Å². The number of nitrogens with one attached hydrogen (secondary N) is 1. The Kier molecular flexibility index (Phi) is 8.02. The van der Waals surface area contributed by atoms with E-state index in [9.17, 15) is 21.6 Å². The van der Waals surface area contributed by atoms with E-state index < -0.39 is 22.1 Å². The third kappa shape index (κ3) is 7.39. The molecule has 2 aromatic rings. The number of unbranched alkanes of at least 4 members (excludes halogenated alkanes) is 1. The van der Waals surface area contributed by atoms with Crippen molar-refractivity contribution in [3.05, 3.63) is 54.1 Å². The van der Waals surface area contributed by atoms with Crippen molar-refractivity contribution in [2.24, 2.45) is 0 Å². The maximum atomic E-state index is 12.3. The molecular formula is C22H28F3N3O3S. The van der Waals surface area contributed by atoms with Crippen molar-refractivity contribution in [3.63, 3.8) is 0 Å². The molecule has 1 aliphatic rings. The van der Waals surface area contributed by atoms with E-state index in [2.05, 4.69) is 50.4 Å². The van der Waals surface area contributed by atoms with Crippen molar-refractivity contribution in [1.29, 1.82) is 0 Å². The largest absolute Gasteiger partial charge is 0.573 e. The lowest BCUT2D eigenvalue weighted by molar-refractivity contribution is -0.274. The molecule has 1 aliphatic heterocycles. The van der Waals surface area contributed by atoms with Gasteiger partial charge in [0.1, 0.15) is 5.75 Å². The SMILES string of the molecule is Cc1cccc(N2CCN(CCCCNS(=O)(=O)c3ccc(OC(F)(F)F)cc3)CC2)c1. The Morgan fingerprint density at radius 1 is 1.00 bits per heavy atom. The van der Waals surface area contributed by atoms with Crippen LogP contribution in [0.2, 0.25) is 0 Å². The second-order valence-corrected chi connectivity index (χ2v) is 9.56. The van der Waals surface area contributed by atoms with Gasteiger partial charge in [-0.25, -0.2) is 13.1 Å². The zero-order valence-electron chi connectivity index (χ0n) is 17.9. The maximum absolute atomic E-state index is 12.3. The maximum Gasteiger partial charge on any atom is 0.573 e. The summed E-state index contributed by atoms with van der Waals surface area (Å²) < 4.78 is 67.5. The molecule has 0 unspecified atom stereocenters. The lowest BCUT2D eigenvalue weighted by Gasteiger charge is -2.36. The Hall–Kier alpha value is -2.30. The lowest BCUT2D eigenvalue weighted by atomic mass is 10.2. The molecule has 0 saturated carbocycles.